The number of hydrogen-bond acceptors (Lipinski definition) is 7. The highest BCUT2D eigenvalue weighted by molar-refractivity contribution is 7.99. The van der Waals surface area contributed by atoms with Gasteiger partial charge in [-0.2, -0.15) is 11.8 Å². The lowest BCUT2D eigenvalue weighted by Gasteiger charge is -2.27. The van der Waals surface area contributed by atoms with Crippen molar-refractivity contribution in [3.05, 3.63) is 42.2 Å². The van der Waals surface area contributed by atoms with Crippen molar-refractivity contribution < 1.29 is 4.52 Å². The van der Waals surface area contributed by atoms with Gasteiger partial charge in [0.25, 0.3) is 0 Å². The first-order chi connectivity index (χ1) is 12.2. The van der Waals surface area contributed by atoms with Crippen LogP contribution in [0.2, 0.25) is 0 Å². The van der Waals surface area contributed by atoms with Crippen molar-refractivity contribution in [1.82, 2.24) is 20.1 Å². The van der Waals surface area contributed by atoms with Gasteiger partial charge in [0.2, 0.25) is 5.95 Å². The van der Waals surface area contributed by atoms with Crippen molar-refractivity contribution in [3.63, 3.8) is 0 Å². The molecule has 0 amide bonds. The predicted octanol–water partition coefficient (Wildman–Crippen LogP) is 3.36. The van der Waals surface area contributed by atoms with Gasteiger partial charge in [-0.05, 0) is 31.5 Å². The minimum absolute atomic E-state index is 0.770. The van der Waals surface area contributed by atoms with E-state index in [-0.39, 0.29) is 0 Å². The van der Waals surface area contributed by atoms with Crippen LogP contribution in [-0.2, 0) is 0 Å². The van der Waals surface area contributed by atoms with Crippen LogP contribution in [0.1, 0.15) is 11.5 Å². The second kappa shape index (κ2) is 6.84. The highest BCUT2D eigenvalue weighted by Gasteiger charge is 2.21. The van der Waals surface area contributed by atoms with Crippen LogP contribution in [0.3, 0.4) is 0 Å². The summed E-state index contributed by atoms with van der Waals surface area (Å²) in [4.78, 5) is 15.9. The summed E-state index contributed by atoms with van der Waals surface area (Å²) in [6.45, 7) is 5.81. The van der Waals surface area contributed by atoms with Crippen molar-refractivity contribution in [2.45, 2.75) is 13.8 Å². The van der Waals surface area contributed by atoms with Crippen LogP contribution in [0.5, 0.6) is 0 Å². The Morgan fingerprint density at radius 2 is 1.88 bits per heavy atom. The summed E-state index contributed by atoms with van der Waals surface area (Å²) in [5, 5.41) is 4.10. The second-order valence-corrected chi connectivity index (χ2v) is 7.19. The lowest BCUT2D eigenvalue weighted by atomic mass is 10.0. The maximum absolute atomic E-state index is 5.39. The Balaban J connectivity index is 1.87. The van der Waals surface area contributed by atoms with E-state index in [1.54, 1.807) is 12.4 Å². The largest absolute Gasteiger partial charge is 0.361 e. The van der Waals surface area contributed by atoms with Crippen LogP contribution >= 0.6 is 11.8 Å². The highest BCUT2D eigenvalue weighted by atomic mass is 32.2. The molecule has 1 aliphatic heterocycles. The second-order valence-electron chi connectivity index (χ2n) is 5.97. The fourth-order valence-electron chi connectivity index (χ4n) is 3.04. The molecule has 0 saturated carbocycles. The van der Waals surface area contributed by atoms with E-state index in [9.17, 15) is 0 Å². The van der Waals surface area contributed by atoms with Gasteiger partial charge in [-0.3, -0.25) is 4.98 Å². The molecule has 128 valence electrons. The van der Waals surface area contributed by atoms with Gasteiger partial charge >= 0.3 is 0 Å². The zero-order valence-electron chi connectivity index (χ0n) is 14.3. The van der Waals surface area contributed by atoms with E-state index < -0.39 is 0 Å². The van der Waals surface area contributed by atoms with E-state index in [2.05, 4.69) is 20.0 Å². The standard InChI is InChI=1S/C18H19N5OS/c1-12-16(13(2)24-22-12)17-15(14-3-5-19-6-4-14)11-20-18(21-17)23-7-9-25-10-8-23/h3-6,11H,7-10H2,1-2H3. The zero-order valence-corrected chi connectivity index (χ0v) is 15.1. The summed E-state index contributed by atoms with van der Waals surface area (Å²) in [6, 6.07) is 3.94. The number of hydrogen-bond donors (Lipinski definition) is 0. The minimum atomic E-state index is 0.770. The molecule has 4 heterocycles. The molecular weight excluding hydrogens is 334 g/mol. The summed E-state index contributed by atoms with van der Waals surface area (Å²) in [5.41, 5.74) is 4.65. The summed E-state index contributed by atoms with van der Waals surface area (Å²) >= 11 is 1.97. The van der Waals surface area contributed by atoms with Gasteiger partial charge < -0.3 is 9.42 Å². The third-order valence-electron chi connectivity index (χ3n) is 4.33. The first-order valence-electron chi connectivity index (χ1n) is 8.27. The number of thioether (sulfide) groups is 1. The fourth-order valence-corrected chi connectivity index (χ4v) is 3.95. The summed E-state index contributed by atoms with van der Waals surface area (Å²) in [5.74, 6) is 3.76. The Kier molecular flexibility index (Phi) is 4.40. The van der Waals surface area contributed by atoms with E-state index in [1.165, 1.54) is 0 Å². The van der Waals surface area contributed by atoms with E-state index in [1.807, 2.05) is 43.9 Å². The molecule has 3 aromatic heterocycles. The smallest absolute Gasteiger partial charge is 0.225 e. The molecule has 0 radical (unpaired) electrons. The van der Waals surface area contributed by atoms with Crippen LogP contribution in [-0.4, -0.2) is 44.7 Å². The lowest BCUT2D eigenvalue weighted by Crippen LogP contribution is -2.33. The van der Waals surface area contributed by atoms with Gasteiger partial charge in [0, 0.05) is 48.7 Å². The average Bonchev–Trinajstić information content (AvgIpc) is 3.01. The maximum Gasteiger partial charge on any atom is 0.225 e. The zero-order chi connectivity index (χ0) is 17.2. The molecule has 6 nitrogen and oxygen atoms in total. The van der Waals surface area contributed by atoms with Gasteiger partial charge in [-0.1, -0.05) is 5.16 Å². The van der Waals surface area contributed by atoms with Gasteiger partial charge in [-0.15, -0.1) is 0 Å². The quantitative estimate of drug-likeness (QED) is 0.715. The van der Waals surface area contributed by atoms with Crippen LogP contribution in [0, 0.1) is 13.8 Å². The topological polar surface area (TPSA) is 67.9 Å². The molecule has 3 aromatic rings. The Morgan fingerprint density at radius 3 is 2.56 bits per heavy atom. The highest BCUT2D eigenvalue weighted by Crippen LogP contribution is 2.35. The molecule has 1 fully saturated rings. The van der Waals surface area contributed by atoms with Crippen molar-refractivity contribution in [2.24, 2.45) is 0 Å². The molecule has 0 N–H and O–H groups in total. The number of pyridine rings is 1. The minimum Gasteiger partial charge on any atom is -0.361 e. The van der Waals surface area contributed by atoms with Crippen LogP contribution in [0.4, 0.5) is 5.95 Å². The van der Waals surface area contributed by atoms with Crippen molar-refractivity contribution >= 4 is 17.7 Å². The van der Waals surface area contributed by atoms with E-state index >= 15 is 0 Å². The molecule has 0 atom stereocenters. The molecule has 0 aliphatic carbocycles. The summed E-state index contributed by atoms with van der Waals surface area (Å²) in [6.07, 6.45) is 5.46. The predicted molar refractivity (Wildman–Crippen MR) is 99.8 cm³/mol. The lowest BCUT2D eigenvalue weighted by molar-refractivity contribution is 0.393. The van der Waals surface area contributed by atoms with Gasteiger partial charge in [-0.25, -0.2) is 9.97 Å². The first kappa shape index (κ1) is 16.1. The van der Waals surface area contributed by atoms with E-state index in [0.29, 0.717) is 0 Å². The normalized spacial score (nSPS) is 14.7. The van der Waals surface area contributed by atoms with Crippen molar-refractivity contribution in [3.8, 4) is 22.4 Å². The third kappa shape index (κ3) is 3.11. The molecule has 1 aliphatic rings. The van der Waals surface area contributed by atoms with Gasteiger partial charge in [0.05, 0.1) is 17.0 Å². The molecule has 0 spiro atoms. The number of anilines is 1. The molecule has 1 saturated heterocycles. The average molecular weight is 353 g/mol. The van der Waals surface area contributed by atoms with Gasteiger partial charge in [0.1, 0.15) is 5.76 Å². The van der Waals surface area contributed by atoms with Crippen LogP contribution in [0.25, 0.3) is 22.4 Å². The Bertz CT molecular complexity index is 855. The number of rotatable bonds is 3. The molecule has 7 heteroatoms. The fraction of sp³-hybridized carbons (Fsp3) is 0.333. The number of aromatic nitrogens is 4. The first-order valence-corrected chi connectivity index (χ1v) is 9.43. The van der Waals surface area contributed by atoms with Crippen molar-refractivity contribution in [2.75, 3.05) is 29.5 Å². The summed E-state index contributed by atoms with van der Waals surface area (Å²) < 4.78 is 5.39. The molecule has 0 bridgehead atoms. The Morgan fingerprint density at radius 1 is 1.12 bits per heavy atom. The maximum atomic E-state index is 5.39. The molecule has 4 rings (SSSR count). The van der Waals surface area contributed by atoms with E-state index in [0.717, 1.165) is 64.4 Å². The number of nitrogens with zero attached hydrogens (tertiary/aromatic N) is 5. The number of aryl methyl sites for hydroxylation is 2. The van der Waals surface area contributed by atoms with Crippen LogP contribution < -0.4 is 4.90 Å². The summed E-state index contributed by atoms with van der Waals surface area (Å²) in [7, 11) is 0. The van der Waals surface area contributed by atoms with Crippen molar-refractivity contribution in [1.29, 1.82) is 0 Å². The molecule has 0 unspecified atom stereocenters. The monoisotopic (exact) mass is 353 g/mol. The van der Waals surface area contributed by atoms with Crippen LogP contribution in [0.15, 0.2) is 35.2 Å². The molecular formula is C18H19N5OS. The van der Waals surface area contributed by atoms with E-state index in [4.69, 9.17) is 9.51 Å². The Labute approximate surface area is 150 Å². The van der Waals surface area contributed by atoms with Gasteiger partial charge in [0.15, 0.2) is 0 Å². The SMILES string of the molecule is Cc1noc(C)c1-c1nc(N2CCSCC2)ncc1-c1ccncc1. The third-order valence-corrected chi connectivity index (χ3v) is 5.27. The molecule has 25 heavy (non-hydrogen) atoms. The Hall–Kier alpha value is -2.41. The molecule has 0 aromatic carbocycles.